The van der Waals surface area contributed by atoms with Crippen molar-refractivity contribution in [1.82, 2.24) is 29.9 Å². The Morgan fingerprint density at radius 2 is 1.91 bits per heavy atom. The van der Waals surface area contributed by atoms with Gasteiger partial charge in [0.15, 0.2) is 0 Å². The Balaban J connectivity index is 1.50. The minimum absolute atomic E-state index is 0.0868. The molecule has 2 atom stereocenters. The van der Waals surface area contributed by atoms with Gasteiger partial charge in [-0.25, -0.2) is 14.6 Å². The number of benzene rings is 1. The topological polar surface area (TPSA) is 86.0 Å². The monoisotopic (exact) mass is 444 g/mol. The van der Waals surface area contributed by atoms with Gasteiger partial charge in [-0.15, -0.1) is 5.10 Å². The van der Waals surface area contributed by atoms with Gasteiger partial charge < -0.3 is 9.64 Å². The summed E-state index contributed by atoms with van der Waals surface area (Å²) >= 11 is 0. The first-order chi connectivity index (χ1) is 15.3. The van der Waals surface area contributed by atoms with Crippen molar-refractivity contribution in [2.75, 3.05) is 13.1 Å². The molecular formula is C21H19F3N6O2. The molecule has 0 bridgehead atoms. The number of halogens is 3. The highest BCUT2D eigenvalue weighted by Crippen LogP contribution is 2.30. The number of amides is 1. The summed E-state index contributed by atoms with van der Waals surface area (Å²) in [6.07, 6.45) is 2.75. The zero-order chi connectivity index (χ0) is 22.7. The second-order valence-electron chi connectivity index (χ2n) is 7.27. The van der Waals surface area contributed by atoms with Crippen LogP contribution in [-0.4, -0.2) is 55.0 Å². The van der Waals surface area contributed by atoms with Crippen molar-refractivity contribution >= 4 is 5.91 Å². The van der Waals surface area contributed by atoms with E-state index in [1.807, 2.05) is 0 Å². The molecule has 1 fully saturated rings. The fourth-order valence-electron chi connectivity index (χ4n) is 3.48. The molecule has 32 heavy (non-hydrogen) atoms. The molecule has 1 aliphatic rings. The summed E-state index contributed by atoms with van der Waals surface area (Å²) < 4.78 is 45.9. The van der Waals surface area contributed by atoms with Crippen LogP contribution in [0.15, 0.2) is 61.8 Å². The smallest absolute Gasteiger partial charge is 0.369 e. The zero-order valence-electron chi connectivity index (χ0n) is 16.8. The summed E-state index contributed by atoms with van der Waals surface area (Å²) in [5.41, 5.74) is 1.13. The van der Waals surface area contributed by atoms with E-state index < -0.39 is 17.8 Å². The second kappa shape index (κ2) is 8.87. The van der Waals surface area contributed by atoms with Gasteiger partial charge in [-0.1, -0.05) is 23.9 Å². The fraction of sp³-hybridized carbons (Fsp3) is 0.286. The molecule has 0 spiro atoms. The molecule has 4 rings (SSSR count). The highest BCUT2D eigenvalue weighted by Gasteiger charge is 2.37. The lowest BCUT2D eigenvalue weighted by molar-refractivity contribution is -0.137. The molecule has 2 aromatic heterocycles. The molecule has 0 radical (unpaired) electrons. The van der Waals surface area contributed by atoms with Crippen LogP contribution in [0.3, 0.4) is 0 Å². The number of aromatic nitrogens is 5. The Bertz CT molecular complexity index is 1080. The highest BCUT2D eigenvalue weighted by atomic mass is 19.4. The van der Waals surface area contributed by atoms with Crippen molar-refractivity contribution in [2.45, 2.75) is 24.9 Å². The van der Waals surface area contributed by atoms with Gasteiger partial charge >= 0.3 is 6.18 Å². The molecule has 3 heterocycles. The molecule has 8 nitrogen and oxygen atoms in total. The van der Waals surface area contributed by atoms with Gasteiger partial charge in [0.1, 0.15) is 12.0 Å². The molecule has 1 aliphatic heterocycles. The summed E-state index contributed by atoms with van der Waals surface area (Å²) in [6.45, 7) is 4.23. The van der Waals surface area contributed by atoms with Crippen molar-refractivity contribution in [1.29, 1.82) is 0 Å². The predicted octanol–water partition coefficient (Wildman–Crippen LogP) is 2.91. The number of likely N-dealkylation sites (tertiary alicyclic amines) is 1. The lowest BCUT2D eigenvalue weighted by Crippen LogP contribution is -2.28. The van der Waals surface area contributed by atoms with Crippen LogP contribution in [0.25, 0.3) is 11.3 Å². The Hall–Kier alpha value is -3.60. The first-order valence-corrected chi connectivity index (χ1v) is 9.71. The number of carbonyl (C=O) groups excluding carboxylic acids is 1. The number of carbonyl (C=O) groups is 1. The molecule has 0 N–H and O–H groups in total. The maximum absolute atomic E-state index is 12.8. The third-order valence-corrected chi connectivity index (χ3v) is 5.17. The number of nitrogens with zero attached hydrogens (tertiary/aromatic N) is 6. The molecule has 3 aromatic rings. The molecule has 0 saturated carbocycles. The van der Waals surface area contributed by atoms with Crippen LogP contribution < -0.4 is 0 Å². The Morgan fingerprint density at radius 1 is 1.19 bits per heavy atom. The van der Waals surface area contributed by atoms with E-state index in [-0.39, 0.29) is 18.6 Å². The van der Waals surface area contributed by atoms with Crippen LogP contribution in [0.1, 0.15) is 17.2 Å². The number of rotatable bonds is 6. The zero-order valence-corrected chi connectivity index (χ0v) is 16.8. The van der Waals surface area contributed by atoms with Crippen molar-refractivity contribution < 1.29 is 22.7 Å². The minimum atomic E-state index is -4.39. The van der Waals surface area contributed by atoms with Crippen LogP contribution in [-0.2, 0) is 22.3 Å². The molecule has 11 heteroatoms. The van der Waals surface area contributed by atoms with Gasteiger partial charge in [0.25, 0.3) is 0 Å². The normalized spacial score (nSPS) is 18.7. The van der Waals surface area contributed by atoms with Crippen molar-refractivity contribution in [3.63, 3.8) is 0 Å². The van der Waals surface area contributed by atoms with Gasteiger partial charge in [0.05, 0.1) is 30.5 Å². The van der Waals surface area contributed by atoms with Gasteiger partial charge in [-0.05, 0) is 23.8 Å². The van der Waals surface area contributed by atoms with Gasteiger partial charge in [-0.2, -0.15) is 13.2 Å². The van der Waals surface area contributed by atoms with Crippen LogP contribution in [0.5, 0.6) is 0 Å². The molecule has 1 amide bonds. The highest BCUT2D eigenvalue weighted by molar-refractivity contribution is 5.87. The summed E-state index contributed by atoms with van der Waals surface area (Å²) in [5.74, 6) is -0.243. The Kier molecular flexibility index (Phi) is 5.99. The lowest BCUT2D eigenvalue weighted by atomic mass is 10.1. The van der Waals surface area contributed by atoms with Crippen LogP contribution in [0.4, 0.5) is 13.2 Å². The van der Waals surface area contributed by atoms with E-state index in [2.05, 4.69) is 26.9 Å². The largest absolute Gasteiger partial charge is 0.416 e. The average molecular weight is 444 g/mol. The Morgan fingerprint density at radius 3 is 2.56 bits per heavy atom. The number of alkyl halides is 3. The van der Waals surface area contributed by atoms with E-state index in [1.54, 1.807) is 28.2 Å². The van der Waals surface area contributed by atoms with E-state index in [1.165, 1.54) is 24.5 Å². The minimum Gasteiger partial charge on any atom is -0.369 e. The van der Waals surface area contributed by atoms with E-state index in [4.69, 9.17) is 4.74 Å². The van der Waals surface area contributed by atoms with Crippen molar-refractivity contribution in [2.24, 2.45) is 0 Å². The van der Waals surface area contributed by atoms with E-state index >= 15 is 0 Å². The van der Waals surface area contributed by atoms with E-state index in [0.717, 1.165) is 12.1 Å². The summed E-state index contributed by atoms with van der Waals surface area (Å²) in [7, 11) is 0. The van der Waals surface area contributed by atoms with Gasteiger partial charge in [0.2, 0.25) is 5.91 Å². The van der Waals surface area contributed by atoms with E-state index in [9.17, 15) is 18.0 Å². The van der Waals surface area contributed by atoms with Crippen LogP contribution in [0.2, 0.25) is 0 Å². The number of hydrogen-bond acceptors (Lipinski definition) is 6. The Labute approximate surface area is 181 Å². The number of hydrogen-bond donors (Lipinski definition) is 0. The maximum Gasteiger partial charge on any atom is 0.416 e. The molecule has 0 aliphatic carbocycles. The van der Waals surface area contributed by atoms with Gasteiger partial charge in [0, 0.05) is 31.0 Å². The predicted molar refractivity (Wildman–Crippen MR) is 107 cm³/mol. The van der Waals surface area contributed by atoms with Crippen molar-refractivity contribution in [3.05, 3.63) is 73.0 Å². The molecule has 1 saturated heterocycles. The molecule has 166 valence electrons. The number of ether oxygens (including phenoxy) is 1. The molecule has 1 aromatic carbocycles. The first kappa shape index (κ1) is 21.6. The third-order valence-electron chi connectivity index (χ3n) is 5.17. The van der Waals surface area contributed by atoms with Crippen LogP contribution in [0, 0.1) is 0 Å². The summed E-state index contributed by atoms with van der Waals surface area (Å²) in [5, 5.41) is 8.33. The third kappa shape index (κ3) is 4.67. The molecular weight excluding hydrogens is 425 g/mol. The fourth-order valence-corrected chi connectivity index (χ4v) is 3.48. The van der Waals surface area contributed by atoms with Crippen LogP contribution >= 0.6 is 0 Å². The maximum atomic E-state index is 12.8. The average Bonchev–Trinajstić information content (AvgIpc) is 3.45. The van der Waals surface area contributed by atoms with Gasteiger partial charge in [-0.3, -0.25) is 4.79 Å². The first-order valence-electron chi connectivity index (χ1n) is 9.71. The SMILES string of the molecule is C=CC(=O)N1CC(OCc2ccc(C(F)(F)F)cc2)C(n2cc(-c3cncnc3)nn2)C1. The molecule has 2 unspecified atom stereocenters. The van der Waals surface area contributed by atoms with Crippen molar-refractivity contribution in [3.8, 4) is 11.3 Å². The quantitative estimate of drug-likeness (QED) is 0.544. The second-order valence-corrected chi connectivity index (χ2v) is 7.27. The van der Waals surface area contributed by atoms with E-state index in [0.29, 0.717) is 29.9 Å². The summed E-state index contributed by atoms with van der Waals surface area (Å²) in [6, 6.07) is 4.46. The lowest BCUT2D eigenvalue weighted by Gasteiger charge is -2.19. The summed E-state index contributed by atoms with van der Waals surface area (Å²) in [4.78, 5) is 21.7. The standard InChI is InChI=1S/C21H19F3N6O2/c1-2-20(31)29-10-18(30-9-17(27-28-30)15-7-25-13-26-8-15)19(11-29)32-12-14-3-5-16(6-4-14)21(22,23)24/h2-9,13,18-19H,1,10-12H2.